The molecule has 0 saturated heterocycles. The Bertz CT molecular complexity index is 464. The van der Waals surface area contributed by atoms with Gasteiger partial charge in [0.2, 0.25) is 0 Å². The largest absolute Gasteiger partial charge is 0.246 e. The van der Waals surface area contributed by atoms with Gasteiger partial charge in [0, 0.05) is 16.2 Å². The molecule has 2 aromatic heterocycles. The topological polar surface area (TPSA) is 25.8 Å². The van der Waals surface area contributed by atoms with Crippen molar-refractivity contribution in [2.75, 3.05) is 0 Å². The number of aryl methyl sites for hydroxylation is 4. The average Bonchev–Trinajstić information content (AvgIpc) is 2.65. The van der Waals surface area contributed by atoms with Crippen molar-refractivity contribution < 1.29 is 0 Å². The number of fused-ring (bicyclic) bond motifs is 2. The molecule has 0 fully saturated rings. The molecule has 0 atom stereocenters. The monoisotopic (exact) mass is 236 g/mol. The van der Waals surface area contributed by atoms with Gasteiger partial charge in [0.05, 0.1) is 21.4 Å². The van der Waals surface area contributed by atoms with Gasteiger partial charge < -0.3 is 0 Å². The third-order valence-corrected chi connectivity index (χ3v) is 4.72. The van der Waals surface area contributed by atoms with Crippen LogP contribution in [0.4, 0.5) is 0 Å². The van der Waals surface area contributed by atoms with Gasteiger partial charge in [-0.3, -0.25) is 0 Å². The molecule has 1 aliphatic carbocycles. The first kappa shape index (κ1) is 9.48. The van der Waals surface area contributed by atoms with E-state index in [-0.39, 0.29) is 0 Å². The van der Waals surface area contributed by atoms with Crippen molar-refractivity contribution in [3.05, 3.63) is 31.2 Å². The smallest absolute Gasteiger partial charge is 0.0900 e. The Hall–Kier alpha value is -0.740. The van der Waals surface area contributed by atoms with Crippen molar-refractivity contribution in [3.63, 3.8) is 0 Å². The summed E-state index contributed by atoms with van der Waals surface area (Å²) < 4.78 is 0. The number of thiazole rings is 2. The Morgan fingerprint density at radius 2 is 1.33 bits per heavy atom. The van der Waals surface area contributed by atoms with E-state index < -0.39 is 0 Å². The molecule has 0 aliphatic heterocycles. The highest BCUT2D eigenvalue weighted by Crippen LogP contribution is 2.31. The van der Waals surface area contributed by atoms with E-state index in [1.807, 2.05) is 22.7 Å². The Morgan fingerprint density at radius 3 is 1.80 bits per heavy atom. The van der Waals surface area contributed by atoms with Gasteiger partial charge in [-0.25, -0.2) is 9.97 Å². The van der Waals surface area contributed by atoms with Crippen molar-refractivity contribution >= 4 is 22.7 Å². The fourth-order valence-electron chi connectivity index (χ4n) is 2.07. The van der Waals surface area contributed by atoms with E-state index in [2.05, 4.69) is 23.8 Å². The van der Waals surface area contributed by atoms with Crippen LogP contribution in [0.1, 0.15) is 31.2 Å². The zero-order valence-electron chi connectivity index (χ0n) is 8.83. The zero-order chi connectivity index (χ0) is 10.4. The summed E-state index contributed by atoms with van der Waals surface area (Å²) in [6.45, 7) is 4.19. The van der Waals surface area contributed by atoms with Gasteiger partial charge in [0.25, 0.3) is 0 Å². The first-order chi connectivity index (χ1) is 7.22. The van der Waals surface area contributed by atoms with Crippen molar-refractivity contribution in [1.82, 2.24) is 9.97 Å². The molecule has 0 radical (unpaired) electrons. The van der Waals surface area contributed by atoms with Crippen molar-refractivity contribution in [3.8, 4) is 0 Å². The molecule has 0 bridgehead atoms. The lowest BCUT2D eigenvalue weighted by atomic mass is 10.2. The summed E-state index contributed by atoms with van der Waals surface area (Å²) >= 11 is 3.69. The van der Waals surface area contributed by atoms with Crippen LogP contribution >= 0.6 is 22.7 Å². The second-order valence-electron chi connectivity index (χ2n) is 3.88. The van der Waals surface area contributed by atoms with Crippen LogP contribution in [-0.4, -0.2) is 9.97 Å². The van der Waals surface area contributed by atoms with E-state index in [0.29, 0.717) is 0 Å². The number of aromatic nitrogens is 2. The Kier molecular flexibility index (Phi) is 2.14. The Morgan fingerprint density at radius 1 is 0.867 bits per heavy atom. The van der Waals surface area contributed by atoms with E-state index >= 15 is 0 Å². The maximum atomic E-state index is 4.59. The fraction of sp³-hybridized carbons (Fsp3) is 0.455. The van der Waals surface area contributed by atoms with Crippen LogP contribution in [0.2, 0.25) is 0 Å². The minimum Gasteiger partial charge on any atom is -0.246 e. The molecule has 0 amide bonds. The van der Waals surface area contributed by atoms with Gasteiger partial charge in [0.15, 0.2) is 0 Å². The van der Waals surface area contributed by atoms with Crippen LogP contribution < -0.4 is 0 Å². The van der Waals surface area contributed by atoms with Crippen molar-refractivity contribution in [2.45, 2.75) is 33.1 Å². The summed E-state index contributed by atoms with van der Waals surface area (Å²) in [7, 11) is 0. The molecule has 15 heavy (non-hydrogen) atoms. The maximum absolute atomic E-state index is 4.59. The van der Waals surface area contributed by atoms with Crippen molar-refractivity contribution in [2.24, 2.45) is 0 Å². The lowest BCUT2D eigenvalue weighted by molar-refractivity contribution is 0.893. The van der Waals surface area contributed by atoms with E-state index in [0.717, 1.165) is 19.3 Å². The molecule has 0 saturated carbocycles. The second-order valence-corrected chi connectivity index (χ2v) is 6.46. The molecule has 4 heteroatoms. The Labute approximate surface area is 97.0 Å². The molecule has 3 rings (SSSR count). The van der Waals surface area contributed by atoms with Crippen LogP contribution in [0.25, 0.3) is 0 Å². The number of hydrogen-bond acceptors (Lipinski definition) is 4. The predicted octanol–water partition coefficient (Wildman–Crippen LogP) is 2.91. The van der Waals surface area contributed by atoms with Gasteiger partial charge in [0.1, 0.15) is 0 Å². The predicted molar refractivity (Wildman–Crippen MR) is 63.9 cm³/mol. The van der Waals surface area contributed by atoms with E-state index in [1.54, 1.807) is 0 Å². The molecule has 2 heterocycles. The van der Waals surface area contributed by atoms with Gasteiger partial charge in [-0.05, 0) is 26.7 Å². The SMILES string of the molecule is Cc1nc2c(s1)Cc1sc(C)nc1CC2. The molecular weight excluding hydrogens is 224 g/mol. The average molecular weight is 236 g/mol. The quantitative estimate of drug-likeness (QED) is 0.703. The summed E-state index contributed by atoms with van der Waals surface area (Å²) in [4.78, 5) is 12.1. The number of hydrogen-bond donors (Lipinski definition) is 0. The number of rotatable bonds is 0. The third kappa shape index (κ3) is 1.62. The maximum Gasteiger partial charge on any atom is 0.0900 e. The van der Waals surface area contributed by atoms with E-state index in [9.17, 15) is 0 Å². The Balaban J connectivity index is 2.07. The fourth-order valence-corrected chi connectivity index (χ4v) is 4.15. The molecule has 0 aromatic carbocycles. The highest BCUT2D eigenvalue weighted by molar-refractivity contribution is 7.13. The van der Waals surface area contributed by atoms with Crippen LogP contribution in [0.15, 0.2) is 0 Å². The van der Waals surface area contributed by atoms with Crippen LogP contribution in [0.5, 0.6) is 0 Å². The molecule has 0 unspecified atom stereocenters. The zero-order valence-corrected chi connectivity index (χ0v) is 10.5. The van der Waals surface area contributed by atoms with Crippen molar-refractivity contribution in [1.29, 1.82) is 0 Å². The summed E-state index contributed by atoms with van der Waals surface area (Å²) in [5.41, 5.74) is 2.61. The molecule has 2 aromatic rings. The summed E-state index contributed by atoms with van der Waals surface area (Å²) in [6, 6.07) is 0. The first-order valence-corrected chi connectivity index (χ1v) is 6.76. The molecule has 0 spiro atoms. The van der Waals surface area contributed by atoms with Gasteiger partial charge in [-0.1, -0.05) is 0 Å². The van der Waals surface area contributed by atoms with E-state index in [1.165, 1.54) is 31.2 Å². The van der Waals surface area contributed by atoms with Crippen LogP contribution in [-0.2, 0) is 19.3 Å². The second kappa shape index (κ2) is 3.39. The molecule has 78 valence electrons. The summed E-state index contributed by atoms with van der Waals surface area (Å²) in [6.07, 6.45) is 3.19. The summed E-state index contributed by atoms with van der Waals surface area (Å²) in [5, 5.41) is 2.40. The van der Waals surface area contributed by atoms with E-state index in [4.69, 9.17) is 0 Å². The highest BCUT2D eigenvalue weighted by atomic mass is 32.1. The summed E-state index contributed by atoms with van der Waals surface area (Å²) in [5.74, 6) is 0. The molecule has 1 aliphatic rings. The standard InChI is InChI=1S/C11H12N2S2/c1-6-12-8-3-4-9-11(5-10(8)14-6)15-7(2)13-9/h3-5H2,1-2H3. The van der Waals surface area contributed by atoms with Gasteiger partial charge in [-0.15, -0.1) is 22.7 Å². The van der Waals surface area contributed by atoms with Gasteiger partial charge in [-0.2, -0.15) is 0 Å². The van der Waals surface area contributed by atoms with Crippen LogP contribution in [0, 0.1) is 13.8 Å². The molecular formula is C11H12N2S2. The lowest BCUT2D eigenvalue weighted by Gasteiger charge is -1.92. The van der Waals surface area contributed by atoms with Gasteiger partial charge >= 0.3 is 0 Å². The minimum absolute atomic E-state index is 1.06. The number of nitrogens with zero attached hydrogens (tertiary/aromatic N) is 2. The molecule has 2 nitrogen and oxygen atoms in total. The lowest BCUT2D eigenvalue weighted by Crippen LogP contribution is -1.92. The first-order valence-electron chi connectivity index (χ1n) is 5.13. The van der Waals surface area contributed by atoms with Crippen LogP contribution in [0.3, 0.4) is 0 Å². The highest BCUT2D eigenvalue weighted by Gasteiger charge is 2.19. The molecule has 0 N–H and O–H groups in total. The normalized spacial score (nSPS) is 14.5. The minimum atomic E-state index is 1.06. The third-order valence-electron chi connectivity index (χ3n) is 2.69.